The van der Waals surface area contributed by atoms with Crippen molar-refractivity contribution in [1.29, 1.82) is 0 Å². The SMILES string of the molecule is Cc1nnc(Sc2ncc(Br)cc2N)n1C. The molecule has 7 heteroatoms. The highest BCUT2D eigenvalue weighted by atomic mass is 79.9. The summed E-state index contributed by atoms with van der Waals surface area (Å²) < 4.78 is 2.76. The molecule has 5 nitrogen and oxygen atoms in total. The van der Waals surface area contributed by atoms with Gasteiger partial charge in [-0.25, -0.2) is 4.98 Å². The van der Waals surface area contributed by atoms with Gasteiger partial charge in [-0.3, -0.25) is 0 Å². The van der Waals surface area contributed by atoms with E-state index < -0.39 is 0 Å². The molecule has 0 unspecified atom stereocenters. The number of aryl methyl sites for hydroxylation is 1. The number of nitrogen functional groups attached to an aromatic ring is 1. The molecule has 2 aromatic heterocycles. The van der Waals surface area contributed by atoms with Gasteiger partial charge in [0.2, 0.25) is 0 Å². The summed E-state index contributed by atoms with van der Waals surface area (Å²) in [5.74, 6) is 0.859. The molecule has 0 bridgehead atoms. The van der Waals surface area contributed by atoms with Crippen LogP contribution in [0.15, 0.2) is 26.9 Å². The van der Waals surface area contributed by atoms with Gasteiger partial charge >= 0.3 is 0 Å². The zero-order chi connectivity index (χ0) is 11.7. The number of hydrogen-bond donors (Lipinski definition) is 1. The standard InChI is InChI=1S/C9H10BrN5S/c1-5-13-14-9(15(5)2)16-8-7(11)3-6(10)4-12-8/h3-4H,11H2,1-2H3. The van der Waals surface area contributed by atoms with Crippen LogP contribution in [0.1, 0.15) is 5.82 Å². The van der Waals surface area contributed by atoms with E-state index in [9.17, 15) is 0 Å². The molecule has 0 aliphatic heterocycles. The third-order valence-corrected chi connectivity index (χ3v) is 3.59. The van der Waals surface area contributed by atoms with Gasteiger partial charge < -0.3 is 10.3 Å². The number of aromatic nitrogens is 4. The summed E-state index contributed by atoms with van der Waals surface area (Å²) in [6, 6.07) is 1.82. The minimum Gasteiger partial charge on any atom is -0.396 e. The van der Waals surface area contributed by atoms with Crippen LogP contribution in [0.4, 0.5) is 5.69 Å². The summed E-state index contributed by atoms with van der Waals surface area (Å²) in [5, 5.41) is 9.53. The Morgan fingerprint density at radius 2 is 2.19 bits per heavy atom. The highest BCUT2D eigenvalue weighted by Gasteiger charge is 2.10. The first kappa shape index (κ1) is 11.4. The van der Waals surface area contributed by atoms with E-state index in [2.05, 4.69) is 31.1 Å². The van der Waals surface area contributed by atoms with Gasteiger partial charge in [0.05, 0.1) is 5.69 Å². The Hall–Kier alpha value is -1.08. The Morgan fingerprint density at radius 1 is 1.44 bits per heavy atom. The number of rotatable bonds is 2. The molecule has 0 aliphatic carbocycles. The predicted octanol–water partition coefficient (Wildman–Crippen LogP) is 2.01. The molecule has 84 valence electrons. The van der Waals surface area contributed by atoms with Crippen molar-refractivity contribution in [3.05, 3.63) is 22.6 Å². The van der Waals surface area contributed by atoms with Crippen molar-refractivity contribution < 1.29 is 0 Å². The average molecular weight is 300 g/mol. The van der Waals surface area contributed by atoms with E-state index >= 15 is 0 Å². The molecule has 0 amide bonds. The molecule has 0 saturated carbocycles. The molecule has 0 spiro atoms. The van der Waals surface area contributed by atoms with Crippen molar-refractivity contribution in [2.75, 3.05) is 5.73 Å². The second-order valence-corrected chi connectivity index (χ2v) is 5.11. The van der Waals surface area contributed by atoms with Gasteiger partial charge in [-0.2, -0.15) is 0 Å². The zero-order valence-electron chi connectivity index (χ0n) is 8.81. The van der Waals surface area contributed by atoms with Crippen molar-refractivity contribution in [3.8, 4) is 0 Å². The lowest BCUT2D eigenvalue weighted by Crippen LogP contribution is -1.96. The first-order valence-electron chi connectivity index (χ1n) is 4.53. The minimum atomic E-state index is 0.625. The highest BCUT2D eigenvalue weighted by Crippen LogP contribution is 2.30. The van der Waals surface area contributed by atoms with Crippen LogP contribution in [0.2, 0.25) is 0 Å². The zero-order valence-corrected chi connectivity index (χ0v) is 11.2. The number of halogens is 1. The molecule has 2 aromatic rings. The van der Waals surface area contributed by atoms with E-state index in [0.717, 1.165) is 20.5 Å². The van der Waals surface area contributed by atoms with Crippen LogP contribution < -0.4 is 5.73 Å². The van der Waals surface area contributed by atoms with E-state index in [1.807, 2.05) is 24.6 Å². The summed E-state index contributed by atoms with van der Waals surface area (Å²) in [4.78, 5) is 4.23. The lowest BCUT2D eigenvalue weighted by Gasteiger charge is -2.04. The predicted molar refractivity (Wildman–Crippen MR) is 66.2 cm³/mol. The Bertz CT molecular complexity index is 525. The van der Waals surface area contributed by atoms with Gasteiger partial charge in [0, 0.05) is 17.7 Å². The van der Waals surface area contributed by atoms with Crippen molar-refractivity contribution in [1.82, 2.24) is 19.7 Å². The molecule has 0 atom stereocenters. The maximum atomic E-state index is 5.86. The van der Waals surface area contributed by atoms with Crippen molar-refractivity contribution in [3.63, 3.8) is 0 Å². The number of anilines is 1. The van der Waals surface area contributed by atoms with Gasteiger partial charge in [-0.1, -0.05) is 0 Å². The van der Waals surface area contributed by atoms with E-state index in [4.69, 9.17) is 5.73 Å². The summed E-state index contributed by atoms with van der Waals surface area (Å²) in [5.41, 5.74) is 6.48. The van der Waals surface area contributed by atoms with E-state index in [-0.39, 0.29) is 0 Å². The maximum absolute atomic E-state index is 5.86. The monoisotopic (exact) mass is 299 g/mol. The largest absolute Gasteiger partial charge is 0.396 e. The lowest BCUT2D eigenvalue weighted by molar-refractivity contribution is 0.764. The van der Waals surface area contributed by atoms with Crippen LogP contribution in [0.3, 0.4) is 0 Å². The third kappa shape index (κ3) is 2.19. The summed E-state index contributed by atoms with van der Waals surface area (Å²) in [6.07, 6.45) is 1.71. The summed E-state index contributed by atoms with van der Waals surface area (Å²) >= 11 is 4.72. The van der Waals surface area contributed by atoms with Gasteiger partial charge in [0.1, 0.15) is 10.9 Å². The van der Waals surface area contributed by atoms with Crippen molar-refractivity contribution in [2.45, 2.75) is 17.1 Å². The van der Waals surface area contributed by atoms with Crippen molar-refractivity contribution >= 4 is 33.4 Å². The minimum absolute atomic E-state index is 0.625. The fraction of sp³-hybridized carbons (Fsp3) is 0.222. The number of nitrogens with two attached hydrogens (primary N) is 1. The number of pyridine rings is 1. The van der Waals surface area contributed by atoms with Gasteiger partial charge in [0.15, 0.2) is 5.16 Å². The molecular formula is C9H10BrN5S. The fourth-order valence-electron chi connectivity index (χ4n) is 1.09. The Labute approximate surface area is 106 Å². The van der Waals surface area contributed by atoms with Crippen LogP contribution in [-0.4, -0.2) is 19.7 Å². The molecular weight excluding hydrogens is 290 g/mol. The lowest BCUT2D eigenvalue weighted by atomic mass is 10.4. The van der Waals surface area contributed by atoms with Crippen LogP contribution in [-0.2, 0) is 7.05 Å². The smallest absolute Gasteiger partial charge is 0.197 e. The van der Waals surface area contributed by atoms with Gasteiger partial charge in [-0.05, 0) is 40.7 Å². The molecule has 0 aromatic carbocycles. The fourth-order valence-corrected chi connectivity index (χ4v) is 2.25. The van der Waals surface area contributed by atoms with E-state index in [0.29, 0.717) is 5.69 Å². The van der Waals surface area contributed by atoms with E-state index in [1.165, 1.54) is 11.8 Å². The molecule has 16 heavy (non-hydrogen) atoms. The van der Waals surface area contributed by atoms with Crippen LogP contribution in [0, 0.1) is 6.92 Å². The Balaban J connectivity index is 2.30. The molecule has 0 fully saturated rings. The molecule has 0 radical (unpaired) electrons. The van der Waals surface area contributed by atoms with Gasteiger partial charge in [0.25, 0.3) is 0 Å². The normalized spacial score (nSPS) is 10.7. The Morgan fingerprint density at radius 3 is 2.75 bits per heavy atom. The number of nitrogens with zero attached hydrogens (tertiary/aromatic N) is 4. The maximum Gasteiger partial charge on any atom is 0.197 e. The average Bonchev–Trinajstić information content (AvgIpc) is 2.54. The van der Waals surface area contributed by atoms with Crippen LogP contribution in [0.5, 0.6) is 0 Å². The third-order valence-electron chi connectivity index (χ3n) is 2.09. The van der Waals surface area contributed by atoms with Crippen molar-refractivity contribution in [2.24, 2.45) is 7.05 Å². The number of hydrogen-bond acceptors (Lipinski definition) is 5. The Kier molecular flexibility index (Phi) is 3.15. The molecule has 0 aliphatic rings. The highest BCUT2D eigenvalue weighted by molar-refractivity contribution is 9.10. The quantitative estimate of drug-likeness (QED) is 0.919. The first-order valence-corrected chi connectivity index (χ1v) is 6.13. The first-order chi connectivity index (χ1) is 7.58. The topological polar surface area (TPSA) is 69.6 Å². The molecule has 2 N–H and O–H groups in total. The molecule has 0 saturated heterocycles. The van der Waals surface area contributed by atoms with Crippen LogP contribution in [0.25, 0.3) is 0 Å². The molecule has 2 rings (SSSR count). The molecule has 2 heterocycles. The van der Waals surface area contributed by atoms with E-state index in [1.54, 1.807) is 6.20 Å². The van der Waals surface area contributed by atoms with Crippen LogP contribution >= 0.6 is 27.7 Å². The summed E-state index contributed by atoms with van der Waals surface area (Å²) in [7, 11) is 1.91. The second-order valence-electron chi connectivity index (χ2n) is 3.24. The second kappa shape index (κ2) is 4.42. The van der Waals surface area contributed by atoms with Gasteiger partial charge in [-0.15, -0.1) is 10.2 Å². The summed E-state index contributed by atoms with van der Waals surface area (Å²) in [6.45, 7) is 1.90.